The van der Waals surface area contributed by atoms with E-state index in [9.17, 15) is 28.4 Å². The fraction of sp³-hybridized carbons (Fsp3) is 0.276. The Morgan fingerprint density at radius 3 is 2.65 bits per heavy atom. The molecule has 1 aromatic heterocycles. The maximum absolute atomic E-state index is 14.1. The highest BCUT2D eigenvalue weighted by atomic mass is 31.2. The van der Waals surface area contributed by atoms with Crippen LogP contribution >= 0.6 is 7.75 Å². The van der Waals surface area contributed by atoms with Crippen LogP contribution in [0.5, 0.6) is 5.75 Å². The van der Waals surface area contributed by atoms with Crippen LogP contribution in [0.3, 0.4) is 0 Å². The molecule has 5 atom stereocenters. The topological polar surface area (TPSA) is 158 Å². The van der Waals surface area contributed by atoms with Crippen molar-refractivity contribution in [1.29, 1.82) is 0 Å². The lowest BCUT2D eigenvalue weighted by molar-refractivity contribution is -0.146. The Balaban J connectivity index is 1.33. The molecule has 1 aliphatic heterocycles. The minimum Gasteiger partial charge on any atom is -0.460 e. The lowest BCUT2D eigenvalue weighted by Crippen LogP contribution is -2.36. The first kappa shape index (κ1) is 30.3. The maximum atomic E-state index is 14.1. The number of ether oxygens (including phenoxy) is 2. The van der Waals surface area contributed by atoms with Crippen LogP contribution in [0.1, 0.15) is 25.1 Å². The van der Waals surface area contributed by atoms with Gasteiger partial charge in [-0.3, -0.25) is 23.7 Å². The SMILES string of the molecule is C[C@H](NP(=O)(OC[C@H]1O[C@@H](n2cc(F)c(=O)[nH]c2=O)C[C@@H]1O)Oc1cccc2ccccc12)C(=O)OCc1ccccc1. The average molecular weight is 614 g/mol. The number of aliphatic hydroxyl groups excluding tert-OH is 1. The summed E-state index contributed by atoms with van der Waals surface area (Å²) in [5.41, 5.74) is -1.36. The number of nitrogens with one attached hydrogen (secondary N) is 2. The molecule has 43 heavy (non-hydrogen) atoms. The Morgan fingerprint density at radius 1 is 1.14 bits per heavy atom. The van der Waals surface area contributed by atoms with Gasteiger partial charge < -0.3 is 19.1 Å². The third kappa shape index (κ3) is 7.27. The largest absolute Gasteiger partial charge is 0.460 e. The molecule has 0 aliphatic carbocycles. The van der Waals surface area contributed by atoms with Crippen molar-refractivity contribution < 1.29 is 37.4 Å². The number of aromatic nitrogens is 2. The molecule has 14 heteroatoms. The van der Waals surface area contributed by atoms with E-state index in [4.69, 9.17) is 18.5 Å². The summed E-state index contributed by atoms with van der Waals surface area (Å²) in [6.45, 7) is 0.929. The molecule has 5 rings (SSSR count). The standard InChI is InChI=1S/C29H29FN3O9P/c1-18(28(36)39-16-19-8-3-2-4-9-19)32-43(38,42-24-13-7-11-20-10-5-6-12-21(20)24)40-17-25-23(34)14-26(41-25)33-15-22(30)27(35)31-29(33)37/h2-13,15,18,23,25-26,34H,14,16-17H2,1H3,(H,32,38)(H,31,35,37)/t18-,23-,25+,26+,43?/m0/s1. The van der Waals surface area contributed by atoms with Gasteiger partial charge >= 0.3 is 19.4 Å². The van der Waals surface area contributed by atoms with Crippen LogP contribution in [0.15, 0.2) is 88.6 Å². The van der Waals surface area contributed by atoms with Crippen LogP contribution in [-0.2, 0) is 30.0 Å². The summed E-state index contributed by atoms with van der Waals surface area (Å²) in [7, 11) is -4.36. The number of halogens is 1. The predicted octanol–water partition coefficient (Wildman–Crippen LogP) is 3.40. The van der Waals surface area contributed by atoms with E-state index >= 15 is 0 Å². The highest BCUT2D eigenvalue weighted by Crippen LogP contribution is 2.47. The molecule has 0 saturated carbocycles. The zero-order valence-corrected chi connectivity index (χ0v) is 23.8. The van der Waals surface area contributed by atoms with Gasteiger partial charge in [0, 0.05) is 11.8 Å². The Labute approximate surface area is 244 Å². The van der Waals surface area contributed by atoms with E-state index in [-0.39, 0.29) is 18.8 Å². The van der Waals surface area contributed by atoms with Crippen molar-refractivity contribution >= 4 is 24.5 Å². The first-order valence-electron chi connectivity index (χ1n) is 13.4. The number of esters is 1. The van der Waals surface area contributed by atoms with Crippen LogP contribution < -0.4 is 20.9 Å². The van der Waals surface area contributed by atoms with Gasteiger partial charge in [0.25, 0.3) is 5.56 Å². The van der Waals surface area contributed by atoms with Gasteiger partial charge in [-0.1, -0.05) is 66.7 Å². The molecule has 3 aromatic carbocycles. The molecule has 1 fully saturated rings. The van der Waals surface area contributed by atoms with Crippen LogP contribution in [0.4, 0.5) is 4.39 Å². The number of hydrogen-bond donors (Lipinski definition) is 3. The first-order valence-corrected chi connectivity index (χ1v) is 14.9. The van der Waals surface area contributed by atoms with Gasteiger partial charge in [0.1, 0.15) is 30.7 Å². The van der Waals surface area contributed by atoms with Gasteiger partial charge in [-0.2, -0.15) is 9.48 Å². The van der Waals surface area contributed by atoms with Crippen LogP contribution in [-0.4, -0.2) is 45.5 Å². The van der Waals surface area contributed by atoms with Crippen molar-refractivity contribution in [2.45, 2.75) is 44.4 Å². The molecule has 12 nitrogen and oxygen atoms in total. The van der Waals surface area contributed by atoms with E-state index in [1.807, 2.05) is 29.2 Å². The molecule has 1 unspecified atom stereocenters. The number of H-pyrrole nitrogens is 1. The third-order valence-corrected chi connectivity index (χ3v) is 8.37. The number of nitrogens with zero attached hydrogens (tertiary/aromatic N) is 1. The van der Waals surface area contributed by atoms with E-state index in [1.165, 1.54) is 6.92 Å². The second kappa shape index (κ2) is 13.0. The molecule has 0 radical (unpaired) electrons. The van der Waals surface area contributed by atoms with Crippen molar-refractivity contribution in [3.8, 4) is 5.75 Å². The molecule has 0 bridgehead atoms. The number of carbonyl (C=O) groups excluding carboxylic acids is 1. The Kier molecular flexibility index (Phi) is 9.19. The van der Waals surface area contributed by atoms with Gasteiger partial charge in [0.2, 0.25) is 5.82 Å². The molecular formula is C29H29FN3O9P. The lowest BCUT2D eigenvalue weighted by Gasteiger charge is -2.25. The van der Waals surface area contributed by atoms with Gasteiger partial charge in [-0.15, -0.1) is 0 Å². The molecule has 0 spiro atoms. The van der Waals surface area contributed by atoms with Crippen LogP contribution in [0, 0.1) is 5.82 Å². The van der Waals surface area contributed by atoms with Gasteiger partial charge in [0.05, 0.1) is 18.9 Å². The van der Waals surface area contributed by atoms with Crippen LogP contribution in [0.2, 0.25) is 0 Å². The fourth-order valence-corrected chi connectivity index (χ4v) is 6.04. The molecule has 1 aliphatic rings. The molecular weight excluding hydrogens is 584 g/mol. The van der Waals surface area contributed by atoms with Gasteiger partial charge in [0.15, 0.2) is 0 Å². The summed E-state index contributed by atoms with van der Waals surface area (Å²) < 4.78 is 51.4. The fourth-order valence-electron chi connectivity index (χ4n) is 4.52. The summed E-state index contributed by atoms with van der Waals surface area (Å²) >= 11 is 0. The van der Waals surface area contributed by atoms with Crippen molar-refractivity contribution in [2.24, 2.45) is 0 Å². The summed E-state index contributed by atoms with van der Waals surface area (Å²) in [6.07, 6.45) is -2.95. The number of rotatable bonds is 11. The number of carbonyl (C=O) groups is 1. The lowest BCUT2D eigenvalue weighted by atomic mass is 10.1. The monoisotopic (exact) mass is 613 g/mol. The maximum Gasteiger partial charge on any atom is 0.459 e. The molecule has 226 valence electrons. The second-order valence-electron chi connectivity index (χ2n) is 9.88. The van der Waals surface area contributed by atoms with Crippen molar-refractivity contribution in [1.82, 2.24) is 14.6 Å². The van der Waals surface area contributed by atoms with Crippen LogP contribution in [0.25, 0.3) is 10.8 Å². The quantitative estimate of drug-likeness (QED) is 0.169. The molecule has 1 saturated heterocycles. The summed E-state index contributed by atoms with van der Waals surface area (Å²) in [6, 6.07) is 20.2. The highest BCUT2D eigenvalue weighted by molar-refractivity contribution is 7.52. The van der Waals surface area contributed by atoms with Gasteiger partial charge in [-0.25, -0.2) is 9.36 Å². The Morgan fingerprint density at radius 2 is 1.86 bits per heavy atom. The predicted molar refractivity (Wildman–Crippen MR) is 153 cm³/mol. The molecule has 2 heterocycles. The summed E-state index contributed by atoms with van der Waals surface area (Å²) in [5, 5.41) is 14.6. The number of aromatic amines is 1. The molecule has 3 N–H and O–H groups in total. The second-order valence-corrected chi connectivity index (χ2v) is 11.6. The molecule has 0 amide bonds. The van der Waals surface area contributed by atoms with E-state index in [1.54, 1.807) is 48.5 Å². The van der Waals surface area contributed by atoms with Crippen molar-refractivity contribution in [2.75, 3.05) is 6.61 Å². The Hall–Kier alpha value is -4.13. The van der Waals surface area contributed by atoms with E-state index in [0.29, 0.717) is 11.6 Å². The van der Waals surface area contributed by atoms with Gasteiger partial charge in [-0.05, 0) is 23.9 Å². The molecule has 4 aromatic rings. The summed E-state index contributed by atoms with van der Waals surface area (Å²) in [4.78, 5) is 38.2. The van der Waals surface area contributed by atoms with Crippen molar-refractivity contribution in [3.05, 3.63) is 111 Å². The first-order chi connectivity index (χ1) is 20.6. The minimum absolute atomic E-state index is 0.00472. The average Bonchev–Trinajstić information content (AvgIpc) is 3.37. The van der Waals surface area contributed by atoms with E-state index in [2.05, 4.69) is 5.09 Å². The summed E-state index contributed by atoms with van der Waals surface area (Å²) in [5.74, 6) is -1.71. The Bertz CT molecular complexity index is 1760. The smallest absolute Gasteiger partial charge is 0.459 e. The number of aliphatic hydroxyl groups is 1. The normalized spacial score (nSPS) is 20.4. The number of fused-ring (bicyclic) bond motifs is 1. The highest BCUT2D eigenvalue weighted by Gasteiger charge is 2.40. The number of benzene rings is 3. The zero-order chi connectivity index (χ0) is 30.6. The van der Waals surface area contributed by atoms with E-state index < -0.39 is 61.9 Å². The third-order valence-electron chi connectivity index (χ3n) is 6.74. The van der Waals surface area contributed by atoms with Crippen molar-refractivity contribution in [3.63, 3.8) is 0 Å². The zero-order valence-electron chi connectivity index (χ0n) is 22.9. The number of hydrogen-bond acceptors (Lipinski definition) is 9. The van der Waals surface area contributed by atoms with E-state index in [0.717, 1.165) is 15.5 Å². The minimum atomic E-state index is -4.36.